The third-order valence-electron chi connectivity index (χ3n) is 2.59. The molecule has 0 radical (unpaired) electrons. The number of carboxylic acid groups (broad SMARTS) is 1. The molecule has 0 aliphatic rings. The number of hydrogen-bond acceptors (Lipinski definition) is 3. The fraction of sp³-hybridized carbons (Fsp3) is 0.357. The zero-order valence-electron chi connectivity index (χ0n) is 11.1. The molecule has 3 amide bonds. The molecule has 20 heavy (non-hydrogen) atoms. The van der Waals surface area contributed by atoms with Crippen LogP contribution in [0.15, 0.2) is 30.3 Å². The minimum atomic E-state index is -1.07. The summed E-state index contributed by atoms with van der Waals surface area (Å²) >= 11 is 0. The topological polar surface area (TPSA) is 95.5 Å². The fourth-order valence-electron chi connectivity index (χ4n) is 1.59. The van der Waals surface area contributed by atoms with Crippen molar-refractivity contribution in [3.05, 3.63) is 35.9 Å². The van der Waals surface area contributed by atoms with Gasteiger partial charge in [-0.25, -0.2) is 4.79 Å². The van der Waals surface area contributed by atoms with Gasteiger partial charge in [-0.15, -0.1) is 0 Å². The van der Waals surface area contributed by atoms with E-state index in [-0.39, 0.29) is 12.8 Å². The van der Waals surface area contributed by atoms with Gasteiger partial charge in [0.2, 0.25) is 5.91 Å². The highest BCUT2D eigenvalue weighted by Gasteiger charge is 2.08. The van der Waals surface area contributed by atoms with E-state index in [1.807, 2.05) is 30.3 Å². The molecule has 108 valence electrons. The summed E-state index contributed by atoms with van der Waals surface area (Å²) in [6.07, 6.45) is 1.12. The molecule has 6 heteroatoms. The van der Waals surface area contributed by atoms with E-state index >= 15 is 0 Å². The fourth-order valence-corrected chi connectivity index (χ4v) is 1.59. The Balaban J connectivity index is 2.11. The van der Waals surface area contributed by atoms with Crippen molar-refractivity contribution >= 4 is 17.9 Å². The Kier molecular flexibility index (Phi) is 6.81. The first-order valence-electron chi connectivity index (χ1n) is 6.41. The first-order chi connectivity index (χ1) is 9.58. The van der Waals surface area contributed by atoms with Crippen molar-refractivity contribution in [3.63, 3.8) is 0 Å². The third-order valence-corrected chi connectivity index (χ3v) is 2.59. The van der Waals surface area contributed by atoms with Gasteiger partial charge in [-0.2, -0.15) is 0 Å². The van der Waals surface area contributed by atoms with Crippen LogP contribution in [0.4, 0.5) is 4.79 Å². The number of aryl methyl sites for hydroxylation is 1. The molecule has 0 aliphatic heterocycles. The lowest BCUT2D eigenvalue weighted by Gasteiger charge is -2.06. The molecular formula is C14H18N2O4. The highest BCUT2D eigenvalue weighted by atomic mass is 16.4. The van der Waals surface area contributed by atoms with Gasteiger partial charge in [-0.05, 0) is 18.4 Å². The van der Waals surface area contributed by atoms with E-state index in [4.69, 9.17) is 5.11 Å². The first kappa shape index (κ1) is 15.7. The van der Waals surface area contributed by atoms with Gasteiger partial charge in [0.25, 0.3) is 0 Å². The largest absolute Gasteiger partial charge is 0.481 e. The number of carbonyl (C=O) groups is 3. The van der Waals surface area contributed by atoms with Crippen LogP contribution >= 0.6 is 0 Å². The smallest absolute Gasteiger partial charge is 0.321 e. The van der Waals surface area contributed by atoms with Crippen LogP contribution in [-0.4, -0.2) is 29.6 Å². The van der Waals surface area contributed by atoms with Gasteiger partial charge in [-0.1, -0.05) is 30.3 Å². The molecule has 0 unspecified atom stereocenters. The quantitative estimate of drug-likeness (QED) is 0.655. The number of carboxylic acids is 1. The van der Waals surface area contributed by atoms with Crippen LogP contribution in [0, 0.1) is 0 Å². The summed E-state index contributed by atoms with van der Waals surface area (Å²) < 4.78 is 0. The Morgan fingerprint density at radius 2 is 1.75 bits per heavy atom. The molecule has 6 nitrogen and oxygen atoms in total. The van der Waals surface area contributed by atoms with E-state index in [2.05, 4.69) is 10.6 Å². The van der Waals surface area contributed by atoms with Crippen molar-refractivity contribution in [1.82, 2.24) is 10.6 Å². The number of benzene rings is 1. The van der Waals surface area contributed by atoms with Crippen molar-refractivity contribution in [3.8, 4) is 0 Å². The van der Waals surface area contributed by atoms with E-state index in [1.54, 1.807) is 0 Å². The zero-order chi connectivity index (χ0) is 14.8. The van der Waals surface area contributed by atoms with Gasteiger partial charge in [0, 0.05) is 13.0 Å². The second-order valence-corrected chi connectivity index (χ2v) is 4.29. The van der Waals surface area contributed by atoms with Gasteiger partial charge in [0.1, 0.15) is 0 Å². The molecule has 0 heterocycles. The molecule has 0 atom stereocenters. The van der Waals surface area contributed by atoms with Crippen LogP contribution in [-0.2, 0) is 16.0 Å². The van der Waals surface area contributed by atoms with Crippen molar-refractivity contribution in [1.29, 1.82) is 0 Å². The maximum absolute atomic E-state index is 11.3. The van der Waals surface area contributed by atoms with E-state index in [9.17, 15) is 14.4 Å². The van der Waals surface area contributed by atoms with Crippen LogP contribution in [0.5, 0.6) is 0 Å². The van der Waals surface area contributed by atoms with Gasteiger partial charge in [-0.3, -0.25) is 14.9 Å². The summed E-state index contributed by atoms with van der Waals surface area (Å²) in [6, 6.07) is 9.28. The minimum Gasteiger partial charge on any atom is -0.481 e. The lowest BCUT2D eigenvalue weighted by molar-refractivity contribution is -0.138. The number of urea groups is 1. The van der Waals surface area contributed by atoms with Gasteiger partial charge < -0.3 is 10.4 Å². The summed E-state index contributed by atoms with van der Waals surface area (Å²) in [4.78, 5) is 32.8. The second kappa shape index (κ2) is 8.68. The predicted molar refractivity (Wildman–Crippen MR) is 73.2 cm³/mol. The maximum Gasteiger partial charge on any atom is 0.321 e. The third kappa shape index (κ3) is 7.15. The predicted octanol–water partition coefficient (Wildman–Crippen LogP) is 1.31. The van der Waals surface area contributed by atoms with Crippen LogP contribution in [0.3, 0.4) is 0 Å². The standard InChI is InChI=1S/C14H18N2O4/c17-12(8-9-13(18)19)16-14(20)15-10-4-7-11-5-2-1-3-6-11/h1-3,5-6H,4,7-10H2,(H,18,19)(H2,15,16,17,20). The Hall–Kier alpha value is -2.37. The summed E-state index contributed by atoms with van der Waals surface area (Å²) in [6.45, 7) is 0.451. The molecule has 0 fully saturated rings. The normalized spacial score (nSPS) is 9.80. The molecule has 0 spiro atoms. The molecule has 0 saturated heterocycles. The SMILES string of the molecule is O=C(O)CCC(=O)NC(=O)NCCCc1ccccc1. The number of imide groups is 1. The number of carbonyl (C=O) groups excluding carboxylic acids is 2. The molecule has 1 rings (SSSR count). The lowest BCUT2D eigenvalue weighted by Crippen LogP contribution is -2.40. The minimum absolute atomic E-state index is 0.202. The number of nitrogens with one attached hydrogen (secondary N) is 2. The van der Waals surface area contributed by atoms with Gasteiger partial charge in [0.05, 0.1) is 6.42 Å². The highest BCUT2D eigenvalue weighted by molar-refractivity contribution is 5.95. The summed E-state index contributed by atoms with van der Waals surface area (Å²) in [5, 5.41) is 13.0. The van der Waals surface area contributed by atoms with Crippen molar-refractivity contribution in [2.45, 2.75) is 25.7 Å². The van der Waals surface area contributed by atoms with Crippen LogP contribution in [0.2, 0.25) is 0 Å². The van der Waals surface area contributed by atoms with Crippen molar-refractivity contribution < 1.29 is 19.5 Å². The molecule has 1 aromatic carbocycles. The van der Waals surface area contributed by atoms with Gasteiger partial charge >= 0.3 is 12.0 Å². The van der Waals surface area contributed by atoms with Crippen LogP contribution in [0.1, 0.15) is 24.8 Å². The molecule has 1 aromatic rings. The summed E-state index contributed by atoms with van der Waals surface area (Å²) in [5.41, 5.74) is 1.19. The Labute approximate surface area is 117 Å². The Morgan fingerprint density at radius 3 is 2.40 bits per heavy atom. The average molecular weight is 278 g/mol. The van der Waals surface area contributed by atoms with Crippen molar-refractivity contribution in [2.24, 2.45) is 0 Å². The summed E-state index contributed by atoms with van der Waals surface area (Å²) in [7, 11) is 0. The number of aliphatic carboxylic acids is 1. The van der Waals surface area contributed by atoms with Crippen LogP contribution < -0.4 is 10.6 Å². The van der Waals surface area contributed by atoms with E-state index in [0.29, 0.717) is 6.54 Å². The first-order valence-corrected chi connectivity index (χ1v) is 6.41. The monoisotopic (exact) mass is 278 g/mol. The maximum atomic E-state index is 11.3. The molecule has 0 saturated carbocycles. The zero-order valence-corrected chi connectivity index (χ0v) is 11.1. The summed E-state index contributed by atoms with van der Waals surface area (Å²) in [5.74, 6) is -1.66. The highest BCUT2D eigenvalue weighted by Crippen LogP contribution is 2.01. The Morgan fingerprint density at radius 1 is 1.05 bits per heavy atom. The molecule has 0 aliphatic carbocycles. The lowest BCUT2D eigenvalue weighted by atomic mass is 10.1. The van der Waals surface area contributed by atoms with E-state index in [1.165, 1.54) is 5.56 Å². The number of hydrogen-bond donors (Lipinski definition) is 3. The van der Waals surface area contributed by atoms with Crippen LogP contribution in [0.25, 0.3) is 0 Å². The van der Waals surface area contributed by atoms with Crippen molar-refractivity contribution in [2.75, 3.05) is 6.54 Å². The average Bonchev–Trinajstić information content (AvgIpc) is 2.42. The van der Waals surface area contributed by atoms with Gasteiger partial charge in [0.15, 0.2) is 0 Å². The number of rotatable bonds is 7. The van der Waals surface area contributed by atoms with E-state index < -0.39 is 17.9 Å². The molecule has 0 bridgehead atoms. The second-order valence-electron chi connectivity index (χ2n) is 4.29. The molecular weight excluding hydrogens is 260 g/mol. The van der Waals surface area contributed by atoms with E-state index in [0.717, 1.165) is 12.8 Å². The number of amides is 3. The Bertz CT molecular complexity index is 460. The molecule has 0 aromatic heterocycles. The molecule has 3 N–H and O–H groups in total.